The van der Waals surface area contributed by atoms with Gasteiger partial charge in [0.15, 0.2) is 5.65 Å². The predicted molar refractivity (Wildman–Crippen MR) is 113 cm³/mol. The smallest absolute Gasteiger partial charge is 0.280 e. The Balaban J connectivity index is 1.69. The third kappa shape index (κ3) is 4.34. The van der Waals surface area contributed by atoms with Crippen LogP contribution < -0.4 is 10.1 Å². The molecule has 0 atom stereocenters. The van der Waals surface area contributed by atoms with Gasteiger partial charge in [0, 0.05) is 17.1 Å². The Kier molecular flexibility index (Phi) is 5.81. The van der Waals surface area contributed by atoms with Crippen molar-refractivity contribution in [3.05, 3.63) is 82.6 Å². The van der Waals surface area contributed by atoms with Crippen molar-refractivity contribution in [3.8, 4) is 17.0 Å². The van der Waals surface area contributed by atoms with E-state index in [-0.39, 0.29) is 23.4 Å². The molecule has 0 bridgehead atoms. The number of amides is 1. The molecule has 0 saturated heterocycles. The van der Waals surface area contributed by atoms with Crippen LogP contribution in [-0.2, 0) is 6.54 Å². The molecule has 4 rings (SSSR count). The first-order valence-electron chi connectivity index (χ1n) is 9.30. The first-order valence-corrected chi connectivity index (χ1v) is 9.68. The molecule has 2 aromatic heterocycles. The summed E-state index contributed by atoms with van der Waals surface area (Å²) in [7, 11) is 1.54. The first kappa shape index (κ1) is 20.7. The van der Waals surface area contributed by atoms with Gasteiger partial charge in [0.1, 0.15) is 17.0 Å². The third-order valence-electron chi connectivity index (χ3n) is 4.72. The minimum Gasteiger partial charge on any atom is -0.497 e. The van der Waals surface area contributed by atoms with E-state index in [0.29, 0.717) is 22.0 Å². The molecule has 0 unspecified atom stereocenters. The predicted octanol–water partition coefficient (Wildman–Crippen LogP) is 4.93. The van der Waals surface area contributed by atoms with E-state index < -0.39 is 12.3 Å². The fraction of sp³-hybridized carbons (Fsp3) is 0.136. The molecule has 2 heterocycles. The lowest BCUT2D eigenvalue weighted by Crippen LogP contribution is -2.23. The summed E-state index contributed by atoms with van der Waals surface area (Å²) in [6.45, 7) is 0.243. The molecule has 1 amide bonds. The number of carbonyl (C=O) groups excluding carboxylic acids is 1. The van der Waals surface area contributed by atoms with E-state index in [1.165, 1.54) is 19.4 Å². The van der Waals surface area contributed by atoms with Crippen molar-refractivity contribution >= 4 is 23.2 Å². The summed E-state index contributed by atoms with van der Waals surface area (Å²) in [6, 6.07) is 15.1. The van der Waals surface area contributed by atoms with Gasteiger partial charge in [-0.05, 0) is 48.0 Å². The van der Waals surface area contributed by atoms with Gasteiger partial charge in [-0.1, -0.05) is 23.7 Å². The zero-order valence-corrected chi connectivity index (χ0v) is 17.1. The van der Waals surface area contributed by atoms with Crippen LogP contribution in [0.2, 0.25) is 5.02 Å². The number of halogens is 3. The van der Waals surface area contributed by atoms with E-state index in [0.717, 1.165) is 10.1 Å². The van der Waals surface area contributed by atoms with Crippen LogP contribution in [0.25, 0.3) is 16.9 Å². The Labute approximate surface area is 181 Å². The van der Waals surface area contributed by atoms with Gasteiger partial charge in [0.2, 0.25) is 0 Å². The number of ether oxygens (including phenoxy) is 1. The summed E-state index contributed by atoms with van der Waals surface area (Å²) < 4.78 is 33.5. The highest BCUT2D eigenvalue weighted by molar-refractivity contribution is 6.30. The van der Waals surface area contributed by atoms with E-state index in [4.69, 9.17) is 16.3 Å². The summed E-state index contributed by atoms with van der Waals surface area (Å²) in [5, 5.41) is 7.31. The van der Waals surface area contributed by atoms with Gasteiger partial charge in [0.25, 0.3) is 12.3 Å². The van der Waals surface area contributed by atoms with Gasteiger partial charge < -0.3 is 10.1 Å². The zero-order chi connectivity index (χ0) is 22.0. The topological polar surface area (TPSA) is 68.5 Å². The molecule has 0 aliphatic rings. The number of aromatic nitrogens is 3. The average Bonchev–Trinajstić information content (AvgIpc) is 3.22. The number of alkyl halides is 2. The molecule has 9 heteroatoms. The number of fused-ring (bicyclic) bond motifs is 1. The summed E-state index contributed by atoms with van der Waals surface area (Å²) in [6.07, 6.45) is -1.56. The maximum atomic E-state index is 13.7. The summed E-state index contributed by atoms with van der Waals surface area (Å²) in [5.74, 6) is 0.162. The Hall–Kier alpha value is -3.52. The number of hydrogen-bond donors (Lipinski definition) is 1. The van der Waals surface area contributed by atoms with Gasteiger partial charge in [0.05, 0.1) is 19.0 Å². The lowest BCUT2D eigenvalue weighted by molar-refractivity contribution is 0.0952. The fourth-order valence-electron chi connectivity index (χ4n) is 3.09. The van der Waals surface area contributed by atoms with Crippen LogP contribution in [-0.4, -0.2) is 27.6 Å². The number of carbonyl (C=O) groups is 1. The molecule has 0 aliphatic heterocycles. The van der Waals surface area contributed by atoms with Crippen LogP contribution in [0, 0.1) is 0 Å². The second-order valence-corrected chi connectivity index (χ2v) is 7.13. The quantitative estimate of drug-likeness (QED) is 0.460. The lowest BCUT2D eigenvalue weighted by atomic mass is 10.1. The molecule has 0 fully saturated rings. The molecular weight excluding hydrogens is 426 g/mol. The number of rotatable bonds is 6. The van der Waals surface area contributed by atoms with Crippen molar-refractivity contribution in [2.24, 2.45) is 0 Å². The van der Waals surface area contributed by atoms with Crippen molar-refractivity contribution < 1.29 is 18.3 Å². The standard InChI is InChI=1S/C22H17ClF2N4O2/c1-31-16-8-4-14(5-9-16)18-10-19(20(24)25)29-21(28-18)17(12-27-29)22(30)26-11-13-2-6-15(23)7-3-13/h2-10,12,20H,11H2,1H3,(H,26,30). The van der Waals surface area contributed by atoms with Crippen molar-refractivity contribution in [2.45, 2.75) is 13.0 Å². The van der Waals surface area contributed by atoms with Crippen molar-refractivity contribution in [2.75, 3.05) is 7.11 Å². The van der Waals surface area contributed by atoms with Crippen molar-refractivity contribution in [1.29, 1.82) is 0 Å². The Bertz CT molecular complexity index is 1220. The van der Waals surface area contributed by atoms with E-state index in [2.05, 4.69) is 15.4 Å². The van der Waals surface area contributed by atoms with Gasteiger partial charge in [-0.3, -0.25) is 4.79 Å². The monoisotopic (exact) mass is 442 g/mol. The largest absolute Gasteiger partial charge is 0.497 e. The third-order valence-corrected chi connectivity index (χ3v) is 4.97. The maximum Gasteiger partial charge on any atom is 0.280 e. The summed E-state index contributed by atoms with van der Waals surface area (Å²) >= 11 is 5.87. The molecule has 1 N–H and O–H groups in total. The van der Waals surface area contributed by atoms with Crippen LogP contribution in [0.5, 0.6) is 5.75 Å². The fourth-order valence-corrected chi connectivity index (χ4v) is 3.22. The number of hydrogen-bond acceptors (Lipinski definition) is 4. The number of nitrogens with zero attached hydrogens (tertiary/aromatic N) is 3. The average molecular weight is 443 g/mol. The van der Waals surface area contributed by atoms with Gasteiger partial charge in [-0.15, -0.1) is 0 Å². The van der Waals surface area contributed by atoms with E-state index >= 15 is 0 Å². The Morgan fingerprint density at radius 2 is 1.87 bits per heavy atom. The second-order valence-electron chi connectivity index (χ2n) is 6.70. The van der Waals surface area contributed by atoms with E-state index in [9.17, 15) is 13.6 Å². The molecular formula is C22H17ClF2N4O2. The normalized spacial score (nSPS) is 11.1. The molecule has 0 saturated carbocycles. The van der Waals surface area contributed by atoms with Crippen LogP contribution >= 0.6 is 11.6 Å². The molecule has 4 aromatic rings. The Morgan fingerprint density at radius 3 is 2.52 bits per heavy atom. The zero-order valence-electron chi connectivity index (χ0n) is 16.3. The van der Waals surface area contributed by atoms with Gasteiger partial charge in [-0.25, -0.2) is 18.3 Å². The minimum absolute atomic E-state index is 0.0530. The number of methoxy groups -OCH3 is 1. The van der Waals surface area contributed by atoms with Crippen LogP contribution in [0.1, 0.15) is 28.0 Å². The van der Waals surface area contributed by atoms with Gasteiger partial charge in [-0.2, -0.15) is 5.10 Å². The SMILES string of the molecule is COc1ccc(-c2cc(C(F)F)n3ncc(C(=O)NCc4ccc(Cl)cc4)c3n2)cc1. The summed E-state index contributed by atoms with van der Waals surface area (Å²) in [4.78, 5) is 17.2. The minimum atomic E-state index is -2.80. The highest BCUT2D eigenvalue weighted by Gasteiger charge is 2.21. The lowest BCUT2D eigenvalue weighted by Gasteiger charge is -2.09. The maximum absolute atomic E-state index is 13.7. The highest BCUT2D eigenvalue weighted by Crippen LogP contribution is 2.28. The number of nitrogens with one attached hydrogen (secondary N) is 1. The first-order chi connectivity index (χ1) is 15.0. The molecule has 0 aliphatic carbocycles. The number of benzene rings is 2. The Morgan fingerprint density at radius 1 is 1.16 bits per heavy atom. The van der Waals surface area contributed by atoms with Crippen molar-refractivity contribution in [1.82, 2.24) is 19.9 Å². The molecule has 0 radical (unpaired) electrons. The molecule has 2 aromatic carbocycles. The van der Waals surface area contributed by atoms with Crippen LogP contribution in [0.3, 0.4) is 0 Å². The van der Waals surface area contributed by atoms with Gasteiger partial charge >= 0.3 is 0 Å². The van der Waals surface area contributed by atoms with Crippen molar-refractivity contribution in [3.63, 3.8) is 0 Å². The molecule has 31 heavy (non-hydrogen) atoms. The van der Waals surface area contributed by atoms with E-state index in [1.807, 2.05) is 0 Å². The summed E-state index contributed by atoms with van der Waals surface area (Å²) in [5.41, 5.74) is 1.56. The molecule has 158 valence electrons. The van der Waals surface area contributed by atoms with E-state index in [1.54, 1.807) is 48.5 Å². The molecule has 6 nitrogen and oxygen atoms in total. The highest BCUT2D eigenvalue weighted by atomic mass is 35.5. The molecule has 0 spiro atoms. The second kappa shape index (κ2) is 8.69. The van der Waals surface area contributed by atoms with Crippen LogP contribution in [0.15, 0.2) is 60.8 Å². The van der Waals surface area contributed by atoms with Crippen LogP contribution in [0.4, 0.5) is 8.78 Å².